The Morgan fingerprint density at radius 2 is 1.74 bits per heavy atom. The van der Waals surface area contributed by atoms with Crippen LogP contribution in [0, 0.1) is 0 Å². The monoisotopic (exact) mass is 261 g/mol. The molecular weight excluding hydrogens is 238 g/mol. The summed E-state index contributed by atoms with van der Waals surface area (Å²) >= 11 is 0. The molecule has 3 rings (SSSR count). The van der Waals surface area contributed by atoms with Crippen LogP contribution < -0.4 is 14.8 Å². The Hall–Kier alpha value is -1.22. The van der Waals surface area contributed by atoms with Crippen LogP contribution in [0.5, 0.6) is 11.5 Å². The van der Waals surface area contributed by atoms with Crippen LogP contribution in [0.1, 0.15) is 43.6 Å². The standard InChI is InChI=1S/C16H23NO2/c1-18-15-9-13(12-5-7-17-8-6-12)10-16(11-15)19-14-3-2-4-14/h9-12,14,17H,2-8H2,1H3. The lowest BCUT2D eigenvalue weighted by molar-refractivity contribution is 0.120. The van der Waals surface area contributed by atoms with E-state index in [9.17, 15) is 0 Å². The van der Waals surface area contributed by atoms with Gasteiger partial charge in [0.25, 0.3) is 0 Å². The van der Waals surface area contributed by atoms with Crippen LogP contribution in [0.15, 0.2) is 18.2 Å². The second-order valence-corrected chi connectivity index (χ2v) is 5.64. The van der Waals surface area contributed by atoms with Crippen molar-refractivity contribution in [3.8, 4) is 11.5 Å². The summed E-state index contributed by atoms with van der Waals surface area (Å²) in [4.78, 5) is 0. The molecule has 1 saturated carbocycles. The summed E-state index contributed by atoms with van der Waals surface area (Å²) in [6.45, 7) is 2.22. The normalized spacial score (nSPS) is 20.9. The van der Waals surface area contributed by atoms with E-state index in [0.717, 1.165) is 24.6 Å². The highest BCUT2D eigenvalue weighted by molar-refractivity contribution is 5.40. The van der Waals surface area contributed by atoms with Crippen LogP contribution in [0.25, 0.3) is 0 Å². The van der Waals surface area contributed by atoms with Crippen LogP contribution >= 0.6 is 0 Å². The van der Waals surface area contributed by atoms with Gasteiger partial charge in [0.15, 0.2) is 0 Å². The molecule has 1 aromatic carbocycles. The number of benzene rings is 1. The van der Waals surface area contributed by atoms with Crippen LogP contribution in [0.4, 0.5) is 0 Å². The van der Waals surface area contributed by atoms with E-state index in [1.807, 2.05) is 6.07 Å². The van der Waals surface area contributed by atoms with E-state index in [1.165, 1.54) is 37.7 Å². The number of hydrogen-bond acceptors (Lipinski definition) is 3. The molecule has 1 aliphatic heterocycles. The zero-order valence-corrected chi connectivity index (χ0v) is 11.7. The molecule has 1 N–H and O–H groups in total. The van der Waals surface area contributed by atoms with Gasteiger partial charge in [0.05, 0.1) is 13.2 Å². The first-order valence-corrected chi connectivity index (χ1v) is 7.41. The van der Waals surface area contributed by atoms with Crippen LogP contribution in [0.2, 0.25) is 0 Å². The van der Waals surface area contributed by atoms with Crippen molar-refractivity contribution in [2.24, 2.45) is 0 Å². The SMILES string of the molecule is COc1cc(OC2CCC2)cc(C2CCNCC2)c1. The zero-order valence-electron chi connectivity index (χ0n) is 11.7. The van der Waals surface area contributed by atoms with Crippen molar-refractivity contribution < 1.29 is 9.47 Å². The summed E-state index contributed by atoms with van der Waals surface area (Å²) in [5.74, 6) is 2.54. The van der Waals surface area contributed by atoms with Crippen molar-refractivity contribution in [2.75, 3.05) is 20.2 Å². The summed E-state index contributed by atoms with van der Waals surface area (Å²) < 4.78 is 11.5. The highest BCUT2D eigenvalue weighted by atomic mass is 16.5. The summed E-state index contributed by atoms with van der Waals surface area (Å²) in [5.41, 5.74) is 1.37. The number of piperidine rings is 1. The fourth-order valence-electron chi connectivity index (χ4n) is 2.85. The van der Waals surface area contributed by atoms with E-state index in [1.54, 1.807) is 7.11 Å². The van der Waals surface area contributed by atoms with E-state index in [0.29, 0.717) is 12.0 Å². The first-order chi connectivity index (χ1) is 9.35. The molecule has 0 aromatic heterocycles. The average molecular weight is 261 g/mol. The maximum Gasteiger partial charge on any atom is 0.123 e. The Bertz CT molecular complexity index is 423. The van der Waals surface area contributed by atoms with Gasteiger partial charge in [-0.3, -0.25) is 0 Å². The second-order valence-electron chi connectivity index (χ2n) is 5.64. The Labute approximate surface area is 115 Å². The van der Waals surface area contributed by atoms with Crippen molar-refractivity contribution in [3.63, 3.8) is 0 Å². The quantitative estimate of drug-likeness (QED) is 0.903. The molecule has 0 spiro atoms. The average Bonchev–Trinajstić information content (AvgIpc) is 2.43. The lowest BCUT2D eigenvalue weighted by atomic mass is 9.90. The molecule has 0 bridgehead atoms. The van der Waals surface area contributed by atoms with Gasteiger partial charge < -0.3 is 14.8 Å². The molecule has 19 heavy (non-hydrogen) atoms. The molecule has 0 radical (unpaired) electrons. The van der Waals surface area contributed by atoms with Gasteiger partial charge in [-0.25, -0.2) is 0 Å². The highest BCUT2D eigenvalue weighted by Gasteiger charge is 2.21. The Kier molecular flexibility index (Phi) is 3.92. The predicted molar refractivity (Wildman–Crippen MR) is 76.1 cm³/mol. The summed E-state index contributed by atoms with van der Waals surface area (Å²) in [5, 5.41) is 3.42. The fourth-order valence-corrected chi connectivity index (χ4v) is 2.85. The molecule has 3 heteroatoms. The molecule has 1 aliphatic carbocycles. The van der Waals surface area contributed by atoms with Gasteiger partial charge >= 0.3 is 0 Å². The molecule has 1 heterocycles. The third-order valence-electron chi connectivity index (χ3n) is 4.30. The summed E-state index contributed by atoms with van der Waals surface area (Å²) in [6.07, 6.45) is 6.52. The Balaban J connectivity index is 1.78. The lowest BCUT2D eigenvalue weighted by Crippen LogP contribution is -2.27. The zero-order chi connectivity index (χ0) is 13.1. The van der Waals surface area contributed by atoms with Crippen molar-refractivity contribution in [2.45, 2.75) is 44.1 Å². The Morgan fingerprint density at radius 1 is 1.00 bits per heavy atom. The number of rotatable bonds is 4. The molecule has 2 aliphatic rings. The van der Waals surface area contributed by atoms with Crippen LogP contribution in [0.3, 0.4) is 0 Å². The summed E-state index contributed by atoms with van der Waals surface area (Å²) in [6, 6.07) is 6.41. The number of hydrogen-bond donors (Lipinski definition) is 1. The van der Waals surface area contributed by atoms with E-state index in [-0.39, 0.29) is 0 Å². The van der Waals surface area contributed by atoms with Gasteiger partial charge in [0, 0.05) is 6.07 Å². The molecule has 0 atom stereocenters. The molecule has 1 saturated heterocycles. The molecule has 3 nitrogen and oxygen atoms in total. The molecular formula is C16H23NO2. The minimum absolute atomic E-state index is 0.424. The van der Waals surface area contributed by atoms with Gasteiger partial charge in [0.2, 0.25) is 0 Å². The van der Waals surface area contributed by atoms with E-state index >= 15 is 0 Å². The fraction of sp³-hybridized carbons (Fsp3) is 0.625. The minimum Gasteiger partial charge on any atom is -0.497 e. The molecule has 0 amide bonds. The van der Waals surface area contributed by atoms with Crippen molar-refractivity contribution in [3.05, 3.63) is 23.8 Å². The van der Waals surface area contributed by atoms with Crippen LogP contribution in [-0.4, -0.2) is 26.3 Å². The predicted octanol–water partition coefficient (Wildman–Crippen LogP) is 3.09. The van der Waals surface area contributed by atoms with Crippen molar-refractivity contribution in [1.29, 1.82) is 0 Å². The molecule has 0 unspecified atom stereocenters. The largest absolute Gasteiger partial charge is 0.497 e. The third kappa shape index (κ3) is 3.03. The van der Waals surface area contributed by atoms with E-state index in [4.69, 9.17) is 9.47 Å². The third-order valence-corrected chi connectivity index (χ3v) is 4.30. The highest BCUT2D eigenvalue weighted by Crippen LogP contribution is 2.34. The number of ether oxygens (including phenoxy) is 2. The summed E-state index contributed by atoms with van der Waals surface area (Å²) in [7, 11) is 1.73. The number of nitrogens with one attached hydrogen (secondary N) is 1. The van der Waals surface area contributed by atoms with Crippen molar-refractivity contribution in [1.82, 2.24) is 5.32 Å². The smallest absolute Gasteiger partial charge is 0.123 e. The molecule has 1 aromatic rings. The van der Waals surface area contributed by atoms with E-state index < -0.39 is 0 Å². The minimum atomic E-state index is 0.424. The number of methoxy groups -OCH3 is 1. The van der Waals surface area contributed by atoms with Crippen molar-refractivity contribution >= 4 is 0 Å². The van der Waals surface area contributed by atoms with Gasteiger partial charge in [-0.05, 0) is 68.8 Å². The Morgan fingerprint density at radius 3 is 2.37 bits per heavy atom. The van der Waals surface area contributed by atoms with E-state index in [2.05, 4.69) is 17.4 Å². The first-order valence-electron chi connectivity index (χ1n) is 7.41. The lowest BCUT2D eigenvalue weighted by Gasteiger charge is -2.28. The van der Waals surface area contributed by atoms with Gasteiger partial charge in [0.1, 0.15) is 11.5 Å². The topological polar surface area (TPSA) is 30.5 Å². The maximum atomic E-state index is 6.03. The van der Waals surface area contributed by atoms with Gasteiger partial charge in [-0.1, -0.05) is 0 Å². The van der Waals surface area contributed by atoms with Gasteiger partial charge in [-0.15, -0.1) is 0 Å². The maximum absolute atomic E-state index is 6.03. The van der Waals surface area contributed by atoms with Gasteiger partial charge in [-0.2, -0.15) is 0 Å². The first kappa shape index (κ1) is 12.8. The molecule has 104 valence electrons. The second kappa shape index (κ2) is 5.83. The van der Waals surface area contributed by atoms with Crippen LogP contribution in [-0.2, 0) is 0 Å². The molecule has 2 fully saturated rings.